The maximum absolute atomic E-state index is 12.2. The van der Waals surface area contributed by atoms with Crippen LogP contribution in [-0.2, 0) is 4.84 Å². The van der Waals surface area contributed by atoms with Gasteiger partial charge in [0.2, 0.25) is 5.90 Å². The van der Waals surface area contributed by atoms with Crippen LogP contribution in [0.5, 0.6) is 11.5 Å². The molecule has 2 aromatic carbocycles. The van der Waals surface area contributed by atoms with Crippen LogP contribution in [0.4, 0.5) is 13.2 Å². The monoisotopic (exact) mass is 367 g/mol. The lowest BCUT2D eigenvalue weighted by molar-refractivity contribution is -0.274. The number of rotatable bonds is 4. The van der Waals surface area contributed by atoms with Gasteiger partial charge in [-0.2, -0.15) is 0 Å². The maximum Gasteiger partial charge on any atom is 0.573 e. The topological polar surface area (TPSA) is 77.4 Å². The van der Waals surface area contributed by atoms with E-state index in [2.05, 4.69) is 9.89 Å². The normalized spacial score (nSPS) is 16.6. The highest BCUT2D eigenvalue weighted by Crippen LogP contribution is 2.31. The number of benzene rings is 2. The fourth-order valence-electron chi connectivity index (χ4n) is 2.31. The predicted octanol–water partition coefficient (Wildman–Crippen LogP) is 4.14. The summed E-state index contributed by atoms with van der Waals surface area (Å²) in [6.07, 6.45) is -5.02. The summed E-state index contributed by atoms with van der Waals surface area (Å²) in [7, 11) is 0. The lowest BCUT2D eigenvalue weighted by Crippen LogP contribution is -2.17. The number of halogens is 3. The second-order valence-corrected chi connectivity index (χ2v) is 5.34. The molecular weight excluding hydrogens is 355 g/mol. The Morgan fingerprint density at radius 1 is 1.15 bits per heavy atom. The van der Waals surface area contributed by atoms with Crippen molar-refractivity contribution in [2.75, 3.05) is 0 Å². The van der Waals surface area contributed by atoms with Gasteiger partial charge in [0.25, 0.3) is 0 Å². The molecule has 0 spiro atoms. The summed E-state index contributed by atoms with van der Waals surface area (Å²) < 4.78 is 45.8. The Labute approximate surface area is 145 Å². The Hall–Kier alpha value is -3.23. The van der Waals surface area contributed by atoms with E-state index >= 15 is 0 Å². The minimum atomic E-state index is -4.75. The van der Waals surface area contributed by atoms with Crippen molar-refractivity contribution in [1.82, 2.24) is 0 Å². The molecule has 0 radical (unpaired) electrons. The molecule has 1 aliphatic rings. The summed E-state index contributed by atoms with van der Waals surface area (Å²) in [5.74, 6) is -0.892. The van der Waals surface area contributed by atoms with Crippen molar-refractivity contribution in [2.45, 2.75) is 18.9 Å². The van der Waals surface area contributed by atoms with Crippen LogP contribution >= 0.6 is 0 Å². The molecule has 6 nitrogen and oxygen atoms in total. The van der Waals surface area contributed by atoms with E-state index in [9.17, 15) is 18.0 Å². The van der Waals surface area contributed by atoms with E-state index < -0.39 is 18.4 Å². The van der Waals surface area contributed by atoms with Gasteiger partial charge in [-0.3, -0.25) is 0 Å². The van der Waals surface area contributed by atoms with Crippen molar-refractivity contribution in [3.8, 4) is 11.5 Å². The minimum absolute atomic E-state index is 0.0684. The quantitative estimate of drug-likeness (QED) is 0.879. The second kappa shape index (κ2) is 6.95. The predicted molar refractivity (Wildman–Crippen MR) is 83.0 cm³/mol. The molecular formula is C17H12F3NO5. The molecule has 0 unspecified atom stereocenters. The van der Waals surface area contributed by atoms with E-state index in [1.165, 1.54) is 42.5 Å². The number of oxime groups is 1. The summed E-state index contributed by atoms with van der Waals surface area (Å²) in [6, 6.07) is 11.1. The van der Waals surface area contributed by atoms with Gasteiger partial charge < -0.3 is 19.4 Å². The molecule has 3 rings (SSSR count). The van der Waals surface area contributed by atoms with Crippen LogP contribution < -0.4 is 9.47 Å². The highest BCUT2D eigenvalue weighted by Gasteiger charge is 2.31. The van der Waals surface area contributed by atoms with Crippen molar-refractivity contribution in [2.24, 2.45) is 5.16 Å². The van der Waals surface area contributed by atoms with Crippen molar-refractivity contribution in [1.29, 1.82) is 0 Å². The van der Waals surface area contributed by atoms with Crippen LogP contribution in [0.15, 0.2) is 53.7 Å². The summed E-state index contributed by atoms with van der Waals surface area (Å²) in [6.45, 7) is 0. The minimum Gasteiger partial charge on any atom is -0.478 e. The molecule has 0 amide bonds. The molecule has 0 bridgehead atoms. The van der Waals surface area contributed by atoms with Gasteiger partial charge >= 0.3 is 12.3 Å². The van der Waals surface area contributed by atoms with Crippen LogP contribution in [-0.4, -0.2) is 23.3 Å². The summed E-state index contributed by atoms with van der Waals surface area (Å²) in [5.41, 5.74) is 0.667. The molecule has 1 aliphatic heterocycles. The number of hydrogen-bond acceptors (Lipinski definition) is 5. The number of ether oxygens (including phenoxy) is 2. The first-order chi connectivity index (χ1) is 12.3. The van der Waals surface area contributed by atoms with Crippen molar-refractivity contribution in [3.63, 3.8) is 0 Å². The second-order valence-electron chi connectivity index (χ2n) is 5.34. The van der Waals surface area contributed by atoms with Crippen LogP contribution in [0.3, 0.4) is 0 Å². The maximum atomic E-state index is 12.2. The van der Waals surface area contributed by atoms with Gasteiger partial charge in [0.05, 0.1) is 12.0 Å². The molecule has 26 heavy (non-hydrogen) atoms. The fraction of sp³-hybridized carbons (Fsp3) is 0.176. The third-order valence-electron chi connectivity index (χ3n) is 3.44. The number of carbonyl (C=O) groups is 1. The number of carboxylic acid groups (broad SMARTS) is 1. The fourth-order valence-corrected chi connectivity index (χ4v) is 2.31. The Morgan fingerprint density at radius 3 is 2.54 bits per heavy atom. The van der Waals surface area contributed by atoms with Crippen molar-refractivity contribution < 1.29 is 37.4 Å². The average Bonchev–Trinajstić information content (AvgIpc) is 3.03. The van der Waals surface area contributed by atoms with Gasteiger partial charge in [-0.1, -0.05) is 23.4 Å². The number of hydrogen-bond donors (Lipinski definition) is 1. The Bertz CT molecular complexity index is 833. The van der Waals surface area contributed by atoms with E-state index in [0.717, 1.165) is 0 Å². The van der Waals surface area contributed by atoms with Gasteiger partial charge in [-0.05, 0) is 35.9 Å². The van der Waals surface area contributed by atoms with Crippen LogP contribution in [0.1, 0.15) is 28.4 Å². The van der Waals surface area contributed by atoms with E-state index in [4.69, 9.17) is 14.7 Å². The number of carboxylic acids is 1. The molecule has 136 valence electrons. The Balaban J connectivity index is 1.61. The van der Waals surface area contributed by atoms with Crippen LogP contribution in [0, 0.1) is 0 Å². The molecule has 0 saturated carbocycles. The van der Waals surface area contributed by atoms with Crippen LogP contribution in [0.25, 0.3) is 0 Å². The Morgan fingerprint density at radius 2 is 1.88 bits per heavy atom. The third kappa shape index (κ3) is 4.44. The molecule has 9 heteroatoms. The van der Waals surface area contributed by atoms with Gasteiger partial charge in [-0.25, -0.2) is 4.79 Å². The van der Waals surface area contributed by atoms with E-state index in [0.29, 0.717) is 11.3 Å². The zero-order chi connectivity index (χ0) is 18.7. The van der Waals surface area contributed by atoms with Crippen molar-refractivity contribution >= 4 is 11.9 Å². The van der Waals surface area contributed by atoms with Gasteiger partial charge in [0.1, 0.15) is 11.5 Å². The van der Waals surface area contributed by atoms with Gasteiger partial charge in [0, 0.05) is 0 Å². The zero-order valence-corrected chi connectivity index (χ0v) is 13.1. The molecule has 2 aromatic rings. The number of alkyl halides is 3. The van der Waals surface area contributed by atoms with Crippen molar-refractivity contribution in [3.05, 3.63) is 59.7 Å². The lowest BCUT2D eigenvalue weighted by atomic mass is 10.1. The third-order valence-corrected chi connectivity index (χ3v) is 3.44. The molecule has 1 atom stereocenters. The summed E-state index contributed by atoms with van der Waals surface area (Å²) >= 11 is 0. The number of aromatic carboxylic acids is 1. The first kappa shape index (κ1) is 17.6. The van der Waals surface area contributed by atoms with E-state index in [1.807, 2.05) is 0 Å². The Kier molecular flexibility index (Phi) is 4.70. The van der Waals surface area contributed by atoms with E-state index in [-0.39, 0.29) is 23.6 Å². The zero-order valence-electron chi connectivity index (χ0n) is 13.1. The smallest absolute Gasteiger partial charge is 0.478 e. The summed E-state index contributed by atoms with van der Waals surface area (Å²) in [4.78, 5) is 16.2. The molecule has 0 aliphatic carbocycles. The van der Waals surface area contributed by atoms with Crippen LogP contribution in [0.2, 0.25) is 0 Å². The van der Waals surface area contributed by atoms with E-state index in [1.54, 1.807) is 6.07 Å². The molecule has 0 saturated heterocycles. The first-order valence-corrected chi connectivity index (χ1v) is 7.40. The highest BCUT2D eigenvalue weighted by molar-refractivity contribution is 5.88. The molecule has 1 heterocycles. The average molecular weight is 367 g/mol. The lowest BCUT2D eigenvalue weighted by Gasteiger charge is -2.11. The van der Waals surface area contributed by atoms with Gasteiger partial charge in [-0.15, -0.1) is 13.2 Å². The summed E-state index contributed by atoms with van der Waals surface area (Å²) in [5, 5.41) is 12.7. The molecule has 1 N–H and O–H groups in total. The molecule has 0 fully saturated rings. The highest BCUT2D eigenvalue weighted by atomic mass is 19.4. The van der Waals surface area contributed by atoms with Gasteiger partial charge in [0.15, 0.2) is 6.10 Å². The largest absolute Gasteiger partial charge is 0.573 e. The standard InChI is InChI=1S/C17H12F3NO5/c18-17(19,20)25-12-6-4-10(5-7-12)14-9-15(21-26-14)24-13-3-1-2-11(8-13)16(22)23/h1-8,14H,9H2,(H,22,23)/t14-/m0/s1. The number of nitrogens with zero attached hydrogens (tertiary/aromatic N) is 1. The SMILES string of the molecule is O=C(O)c1cccc(OC2=NO[C@H](c3ccc(OC(F)(F)F)cc3)C2)c1. The molecule has 0 aromatic heterocycles. The first-order valence-electron chi connectivity index (χ1n) is 7.40.